The second-order valence-electron chi connectivity index (χ2n) is 5.55. The molecular formula is C18H22N2O. The van der Waals surface area contributed by atoms with Gasteiger partial charge >= 0.3 is 0 Å². The van der Waals surface area contributed by atoms with Crippen LogP contribution in [0, 0.1) is 5.92 Å². The van der Waals surface area contributed by atoms with Gasteiger partial charge in [0.05, 0.1) is 0 Å². The highest BCUT2D eigenvalue weighted by Gasteiger charge is 2.24. The van der Waals surface area contributed by atoms with E-state index in [4.69, 9.17) is 5.73 Å². The van der Waals surface area contributed by atoms with Crippen molar-refractivity contribution in [2.45, 2.75) is 25.9 Å². The van der Waals surface area contributed by atoms with E-state index < -0.39 is 6.04 Å². The number of primary amides is 1. The number of amides is 1. The van der Waals surface area contributed by atoms with Crippen LogP contribution in [0.2, 0.25) is 0 Å². The van der Waals surface area contributed by atoms with Crippen LogP contribution in [-0.4, -0.2) is 5.91 Å². The monoisotopic (exact) mass is 282 g/mol. The molecule has 2 aromatic carbocycles. The Morgan fingerprint density at radius 1 is 0.905 bits per heavy atom. The van der Waals surface area contributed by atoms with E-state index in [1.54, 1.807) is 0 Å². The molecule has 0 bridgehead atoms. The van der Waals surface area contributed by atoms with E-state index in [-0.39, 0.29) is 11.9 Å². The van der Waals surface area contributed by atoms with E-state index in [1.807, 2.05) is 48.5 Å². The van der Waals surface area contributed by atoms with Crippen LogP contribution in [-0.2, 0) is 4.79 Å². The van der Waals surface area contributed by atoms with E-state index in [9.17, 15) is 4.79 Å². The summed E-state index contributed by atoms with van der Waals surface area (Å²) in [7, 11) is 0. The zero-order valence-electron chi connectivity index (χ0n) is 12.5. The van der Waals surface area contributed by atoms with Gasteiger partial charge < -0.3 is 5.73 Å². The SMILES string of the molecule is CC(C)C(NC(C(N)=O)c1ccccc1)c1ccccc1. The van der Waals surface area contributed by atoms with Gasteiger partial charge in [-0.25, -0.2) is 0 Å². The Balaban J connectivity index is 2.27. The Morgan fingerprint density at radius 3 is 1.81 bits per heavy atom. The lowest BCUT2D eigenvalue weighted by molar-refractivity contribution is -0.120. The van der Waals surface area contributed by atoms with Crippen LogP contribution in [0.4, 0.5) is 0 Å². The van der Waals surface area contributed by atoms with Gasteiger partial charge in [-0.2, -0.15) is 0 Å². The Hall–Kier alpha value is -2.13. The summed E-state index contributed by atoms with van der Waals surface area (Å²) in [5.74, 6) is -0.0132. The third-order valence-corrected chi connectivity index (χ3v) is 3.59. The molecule has 0 heterocycles. The molecule has 110 valence electrons. The fraction of sp³-hybridized carbons (Fsp3) is 0.278. The maximum Gasteiger partial charge on any atom is 0.239 e. The number of hydrogen-bond donors (Lipinski definition) is 2. The average molecular weight is 282 g/mol. The van der Waals surface area contributed by atoms with Crippen molar-refractivity contribution >= 4 is 5.91 Å². The molecule has 1 amide bonds. The van der Waals surface area contributed by atoms with Crippen molar-refractivity contribution in [1.29, 1.82) is 0 Å². The second kappa shape index (κ2) is 7.04. The number of nitrogens with one attached hydrogen (secondary N) is 1. The molecule has 0 radical (unpaired) electrons. The number of benzene rings is 2. The molecule has 3 heteroatoms. The predicted molar refractivity (Wildman–Crippen MR) is 85.5 cm³/mol. The predicted octanol–water partition coefficient (Wildman–Crippen LogP) is 3.20. The summed E-state index contributed by atoms with van der Waals surface area (Å²) in [5, 5.41) is 3.41. The molecule has 2 atom stereocenters. The molecule has 0 aliphatic carbocycles. The molecule has 3 N–H and O–H groups in total. The molecular weight excluding hydrogens is 260 g/mol. The summed E-state index contributed by atoms with van der Waals surface area (Å²) in [6, 6.07) is 19.3. The Kier molecular flexibility index (Phi) is 5.12. The fourth-order valence-corrected chi connectivity index (χ4v) is 2.50. The highest BCUT2D eigenvalue weighted by molar-refractivity contribution is 5.81. The van der Waals surface area contributed by atoms with E-state index in [1.165, 1.54) is 0 Å². The Bertz CT molecular complexity index is 566. The van der Waals surface area contributed by atoms with Crippen molar-refractivity contribution in [2.75, 3.05) is 0 Å². The van der Waals surface area contributed by atoms with Crippen LogP contribution in [0.25, 0.3) is 0 Å². The quantitative estimate of drug-likeness (QED) is 0.855. The third kappa shape index (κ3) is 3.92. The minimum absolute atomic E-state index is 0.0731. The van der Waals surface area contributed by atoms with Gasteiger partial charge in [0.15, 0.2) is 0 Å². The van der Waals surface area contributed by atoms with Gasteiger partial charge in [-0.15, -0.1) is 0 Å². The Labute approximate surface area is 126 Å². The number of carbonyl (C=O) groups excluding carboxylic acids is 1. The van der Waals surface area contributed by atoms with Gasteiger partial charge in [0.1, 0.15) is 6.04 Å². The molecule has 3 nitrogen and oxygen atoms in total. The van der Waals surface area contributed by atoms with Gasteiger partial charge in [0.2, 0.25) is 5.91 Å². The van der Waals surface area contributed by atoms with Crippen LogP contribution in [0.5, 0.6) is 0 Å². The molecule has 2 rings (SSSR count). The normalized spacial score (nSPS) is 13.9. The zero-order chi connectivity index (χ0) is 15.2. The molecule has 0 aliphatic heterocycles. The van der Waals surface area contributed by atoms with Crippen molar-refractivity contribution < 1.29 is 4.79 Å². The first kappa shape index (κ1) is 15.3. The third-order valence-electron chi connectivity index (χ3n) is 3.59. The van der Waals surface area contributed by atoms with E-state index in [2.05, 4.69) is 31.3 Å². The van der Waals surface area contributed by atoms with Crippen LogP contribution in [0.1, 0.15) is 37.1 Å². The van der Waals surface area contributed by atoms with Crippen molar-refractivity contribution in [3.8, 4) is 0 Å². The maximum atomic E-state index is 11.8. The maximum absolute atomic E-state index is 11.8. The number of rotatable bonds is 6. The summed E-state index contributed by atoms with van der Waals surface area (Å²) in [6.07, 6.45) is 0. The van der Waals surface area contributed by atoms with Crippen LogP contribution in [0.3, 0.4) is 0 Å². The highest BCUT2D eigenvalue weighted by Crippen LogP contribution is 2.25. The summed E-state index contributed by atoms with van der Waals surface area (Å²) < 4.78 is 0. The minimum atomic E-state index is -0.487. The molecule has 0 aliphatic rings. The number of carbonyl (C=O) groups is 1. The number of nitrogens with two attached hydrogens (primary N) is 1. The molecule has 0 saturated carbocycles. The largest absolute Gasteiger partial charge is 0.368 e. The summed E-state index contributed by atoms with van der Waals surface area (Å²) in [6.45, 7) is 4.27. The van der Waals surface area contributed by atoms with E-state index >= 15 is 0 Å². The summed E-state index contributed by atoms with van der Waals surface area (Å²) in [5.41, 5.74) is 7.65. The first-order valence-electron chi connectivity index (χ1n) is 7.25. The van der Waals surface area contributed by atoms with Crippen molar-refractivity contribution in [3.63, 3.8) is 0 Å². The molecule has 2 aromatic rings. The highest BCUT2D eigenvalue weighted by atomic mass is 16.1. The average Bonchev–Trinajstić information content (AvgIpc) is 2.49. The van der Waals surface area contributed by atoms with E-state index in [0.29, 0.717) is 5.92 Å². The zero-order valence-corrected chi connectivity index (χ0v) is 12.5. The van der Waals surface area contributed by atoms with Gasteiger partial charge in [0, 0.05) is 6.04 Å². The van der Waals surface area contributed by atoms with Crippen molar-refractivity contribution in [3.05, 3.63) is 71.8 Å². The van der Waals surface area contributed by atoms with Crippen LogP contribution in [0.15, 0.2) is 60.7 Å². The molecule has 0 aromatic heterocycles. The topological polar surface area (TPSA) is 55.1 Å². The first-order valence-corrected chi connectivity index (χ1v) is 7.25. The molecule has 21 heavy (non-hydrogen) atoms. The fourth-order valence-electron chi connectivity index (χ4n) is 2.50. The minimum Gasteiger partial charge on any atom is -0.368 e. The van der Waals surface area contributed by atoms with Gasteiger partial charge in [-0.3, -0.25) is 10.1 Å². The van der Waals surface area contributed by atoms with Crippen molar-refractivity contribution in [2.24, 2.45) is 11.7 Å². The standard InChI is InChI=1S/C18H22N2O/c1-13(2)16(14-9-5-3-6-10-14)20-17(18(19)21)15-11-7-4-8-12-15/h3-13,16-17,20H,1-2H3,(H2,19,21). The van der Waals surface area contributed by atoms with Gasteiger partial charge in [0.25, 0.3) is 0 Å². The van der Waals surface area contributed by atoms with Gasteiger partial charge in [-0.1, -0.05) is 74.5 Å². The lowest BCUT2D eigenvalue weighted by Gasteiger charge is -2.27. The lowest BCUT2D eigenvalue weighted by Crippen LogP contribution is -2.37. The number of hydrogen-bond acceptors (Lipinski definition) is 2. The lowest BCUT2D eigenvalue weighted by atomic mass is 9.94. The Morgan fingerprint density at radius 2 is 1.38 bits per heavy atom. The second-order valence-corrected chi connectivity index (χ2v) is 5.55. The molecule has 0 saturated heterocycles. The molecule has 2 unspecified atom stereocenters. The summed E-state index contributed by atoms with van der Waals surface area (Å²) >= 11 is 0. The van der Waals surface area contributed by atoms with Gasteiger partial charge in [-0.05, 0) is 17.0 Å². The first-order chi connectivity index (χ1) is 10.1. The summed E-state index contributed by atoms with van der Waals surface area (Å²) in [4.78, 5) is 11.8. The smallest absolute Gasteiger partial charge is 0.239 e. The van der Waals surface area contributed by atoms with Crippen LogP contribution >= 0.6 is 0 Å². The molecule has 0 spiro atoms. The van der Waals surface area contributed by atoms with E-state index in [0.717, 1.165) is 11.1 Å². The van der Waals surface area contributed by atoms with Crippen LogP contribution < -0.4 is 11.1 Å². The molecule has 0 fully saturated rings. The van der Waals surface area contributed by atoms with Crippen molar-refractivity contribution in [1.82, 2.24) is 5.32 Å².